The number of hydrogen-bond donors (Lipinski definition) is 0. The Labute approximate surface area is 125 Å². The highest BCUT2D eigenvalue weighted by atomic mass is 32.2. The van der Waals surface area contributed by atoms with E-state index >= 15 is 0 Å². The summed E-state index contributed by atoms with van der Waals surface area (Å²) in [7, 11) is -4.42. The van der Waals surface area contributed by atoms with E-state index in [9.17, 15) is 21.6 Å². The van der Waals surface area contributed by atoms with Crippen LogP contribution in [0, 0.1) is 0 Å². The summed E-state index contributed by atoms with van der Waals surface area (Å²) in [6, 6.07) is 12.5. The van der Waals surface area contributed by atoms with E-state index in [4.69, 9.17) is 4.74 Å². The molecule has 0 aromatic heterocycles. The van der Waals surface area contributed by atoms with Crippen LogP contribution in [0.5, 0.6) is 11.5 Å². The number of halogens is 3. The number of benzene rings is 2. The summed E-state index contributed by atoms with van der Waals surface area (Å²) in [5.41, 5.74) is -4.36. The summed E-state index contributed by atoms with van der Waals surface area (Å²) in [6.07, 6.45) is 0. The van der Waals surface area contributed by atoms with Crippen LogP contribution in [0.3, 0.4) is 0 Å². The Kier molecular flexibility index (Phi) is 4.32. The van der Waals surface area contributed by atoms with Crippen LogP contribution in [0.2, 0.25) is 0 Å². The molecular weight excluding hydrogens is 321 g/mol. The van der Waals surface area contributed by atoms with Gasteiger partial charge in [0.05, 0.1) is 7.11 Å². The van der Waals surface area contributed by atoms with Crippen LogP contribution < -0.4 is 8.92 Å². The van der Waals surface area contributed by atoms with Gasteiger partial charge in [-0.1, -0.05) is 30.3 Å². The lowest BCUT2D eigenvalue weighted by molar-refractivity contribution is -0.0500. The van der Waals surface area contributed by atoms with E-state index in [1.807, 2.05) is 0 Å². The van der Waals surface area contributed by atoms with Crippen molar-refractivity contribution >= 4 is 10.1 Å². The molecule has 22 heavy (non-hydrogen) atoms. The predicted molar refractivity (Wildman–Crippen MR) is 74.0 cm³/mol. The Bertz CT molecular complexity index is 755. The molecule has 8 heteroatoms. The first-order chi connectivity index (χ1) is 10.2. The molecule has 0 aliphatic rings. The molecule has 0 aliphatic carbocycles. The average molecular weight is 332 g/mol. The molecule has 0 atom stereocenters. The van der Waals surface area contributed by atoms with Crippen molar-refractivity contribution < 1.29 is 30.5 Å². The lowest BCUT2D eigenvalue weighted by Crippen LogP contribution is -2.28. The summed E-state index contributed by atoms with van der Waals surface area (Å²) in [5.74, 6) is -0.302. The monoisotopic (exact) mass is 332 g/mol. The first kappa shape index (κ1) is 16.2. The minimum absolute atomic E-state index is 0.175. The third-order valence-electron chi connectivity index (χ3n) is 2.71. The second-order valence-electron chi connectivity index (χ2n) is 4.25. The van der Waals surface area contributed by atoms with E-state index in [2.05, 4.69) is 4.18 Å². The highest BCUT2D eigenvalue weighted by molar-refractivity contribution is 7.88. The van der Waals surface area contributed by atoms with Gasteiger partial charge < -0.3 is 8.92 Å². The summed E-state index contributed by atoms with van der Waals surface area (Å²) < 4.78 is 68.4. The van der Waals surface area contributed by atoms with Gasteiger partial charge in [-0.05, 0) is 23.3 Å². The van der Waals surface area contributed by atoms with E-state index in [0.29, 0.717) is 11.1 Å². The molecule has 0 heterocycles. The molecule has 0 spiro atoms. The topological polar surface area (TPSA) is 52.6 Å². The highest BCUT2D eigenvalue weighted by Gasteiger charge is 2.48. The second-order valence-corrected chi connectivity index (χ2v) is 5.78. The Balaban J connectivity index is 2.46. The summed E-state index contributed by atoms with van der Waals surface area (Å²) >= 11 is 0. The summed E-state index contributed by atoms with van der Waals surface area (Å²) in [5, 5.41) is 0. The standard InChI is InChI=1S/C14H11F3O4S/c1-20-12-7-11(10-5-3-2-4-6-10)8-13(9-12)21-22(18,19)14(15,16)17/h2-9H,1H3. The third kappa shape index (κ3) is 3.51. The van der Waals surface area contributed by atoms with Crippen molar-refractivity contribution in [3.8, 4) is 22.6 Å². The molecule has 4 nitrogen and oxygen atoms in total. The number of hydrogen-bond acceptors (Lipinski definition) is 4. The SMILES string of the molecule is COc1cc(OS(=O)(=O)C(F)(F)F)cc(-c2ccccc2)c1. The maximum Gasteiger partial charge on any atom is 0.534 e. The molecular formula is C14H11F3O4S. The fourth-order valence-electron chi connectivity index (χ4n) is 1.71. The van der Waals surface area contributed by atoms with E-state index < -0.39 is 21.4 Å². The average Bonchev–Trinajstić information content (AvgIpc) is 2.46. The molecule has 0 saturated carbocycles. The lowest BCUT2D eigenvalue weighted by Gasteiger charge is -2.12. The van der Waals surface area contributed by atoms with Crippen molar-refractivity contribution in [3.05, 3.63) is 48.5 Å². The largest absolute Gasteiger partial charge is 0.534 e. The van der Waals surface area contributed by atoms with Crippen LogP contribution in [0.15, 0.2) is 48.5 Å². The van der Waals surface area contributed by atoms with Gasteiger partial charge in [0.25, 0.3) is 0 Å². The van der Waals surface area contributed by atoms with E-state index in [1.165, 1.54) is 13.2 Å². The molecule has 2 rings (SSSR count). The fraction of sp³-hybridized carbons (Fsp3) is 0.143. The van der Waals surface area contributed by atoms with Gasteiger partial charge in [-0.2, -0.15) is 21.6 Å². The zero-order valence-corrected chi connectivity index (χ0v) is 12.1. The molecule has 0 radical (unpaired) electrons. The van der Waals surface area contributed by atoms with Gasteiger partial charge in [-0.3, -0.25) is 0 Å². The normalized spacial score (nSPS) is 12.0. The van der Waals surface area contributed by atoms with Gasteiger partial charge in [0.1, 0.15) is 11.5 Å². The number of rotatable bonds is 4. The van der Waals surface area contributed by atoms with Crippen molar-refractivity contribution in [1.29, 1.82) is 0 Å². The molecule has 0 aliphatic heterocycles. The fourth-order valence-corrected chi connectivity index (χ4v) is 2.15. The van der Waals surface area contributed by atoms with Crippen LogP contribution in [-0.4, -0.2) is 21.0 Å². The Morgan fingerprint density at radius 2 is 1.50 bits per heavy atom. The smallest absolute Gasteiger partial charge is 0.497 e. The van der Waals surface area contributed by atoms with Gasteiger partial charge in [-0.25, -0.2) is 0 Å². The first-order valence-electron chi connectivity index (χ1n) is 5.98. The molecule has 0 amide bonds. The first-order valence-corrected chi connectivity index (χ1v) is 7.39. The number of ether oxygens (including phenoxy) is 1. The van der Waals surface area contributed by atoms with Gasteiger partial charge in [-0.15, -0.1) is 0 Å². The Morgan fingerprint density at radius 1 is 0.909 bits per heavy atom. The Hall–Kier alpha value is -2.22. The molecule has 2 aromatic carbocycles. The van der Waals surface area contributed by atoms with Crippen LogP contribution in [0.4, 0.5) is 13.2 Å². The van der Waals surface area contributed by atoms with Crippen LogP contribution >= 0.6 is 0 Å². The summed E-state index contributed by atoms with van der Waals surface area (Å²) in [6.45, 7) is 0. The van der Waals surface area contributed by atoms with Gasteiger partial charge in [0.15, 0.2) is 0 Å². The maximum absolute atomic E-state index is 12.4. The van der Waals surface area contributed by atoms with E-state index in [-0.39, 0.29) is 5.75 Å². The van der Waals surface area contributed by atoms with Crippen LogP contribution in [0.25, 0.3) is 11.1 Å². The van der Waals surface area contributed by atoms with Gasteiger partial charge >= 0.3 is 15.6 Å². The van der Waals surface area contributed by atoms with Gasteiger partial charge in [0.2, 0.25) is 0 Å². The zero-order chi connectivity index (χ0) is 16.4. The zero-order valence-electron chi connectivity index (χ0n) is 11.3. The van der Waals surface area contributed by atoms with E-state index in [0.717, 1.165) is 6.07 Å². The molecule has 0 N–H and O–H groups in total. The molecule has 2 aromatic rings. The third-order valence-corrected chi connectivity index (χ3v) is 3.69. The molecule has 0 unspecified atom stereocenters. The number of methoxy groups -OCH3 is 1. The lowest BCUT2D eigenvalue weighted by atomic mass is 10.1. The second kappa shape index (κ2) is 5.88. The van der Waals surface area contributed by atoms with Crippen LogP contribution in [-0.2, 0) is 10.1 Å². The van der Waals surface area contributed by atoms with Crippen molar-refractivity contribution in [2.75, 3.05) is 7.11 Å². The van der Waals surface area contributed by atoms with Crippen molar-refractivity contribution in [1.82, 2.24) is 0 Å². The molecule has 0 fully saturated rings. The maximum atomic E-state index is 12.4. The molecule has 0 bridgehead atoms. The predicted octanol–water partition coefficient (Wildman–Crippen LogP) is 3.59. The molecule has 0 saturated heterocycles. The minimum atomic E-state index is -5.73. The van der Waals surface area contributed by atoms with E-state index in [1.54, 1.807) is 36.4 Å². The Morgan fingerprint density at radius 3 is 2.05 bits per heavy atom. The van der Waals surface area contributed by atoms with Crippen molar-refractivity contribution in [3.63, 3.8) is 0 Å². The molecule has 118 valence electrons. The van der Waals surface area contributed by atoms with Gasteiger partial charge in [0, 0.05) is 6.07 Å². The number of alkyl halides is 3. The quantitative estimate of drug-likeness (QED) is 0.634. The highest BCUT2D eigenvalue weighted by Crippen LogP contribution is 2.33. The summed E-state index contributed by atoms with van der Waals surface area (Å²) in [4.78, 5) is 0. The minimum Gasteiger partial charge on any atom is -0.497 e. The van der Waals surface area contributed by atoms with Crippen LogP contribution in [0.1, 0.15) is 0 Å². The van der Waals surface area contributed by atoms with Crippen molar-refractivity contribution in [2.24, 2.45) is 0 Å². The van der Waals surface area contributed by atoms with Crippen molar-refractivity contribution in [2.45, 2.75) is 5.51 Å².